The van der Waals surface area contributed by atoms with Crippen LogP contribution in [-0.4, -0.2) is 15.2 Å². The Hall–Kier alpha value is -2.34. The fourth-order valence-corrected chi connectivity index (χ4v) is 2.12. The van der Waals surface area contributed by atoms with Crippen LogP contribution < -0.4 is 11.5 Å². The van der Waals surface area contributed by atoms with Crippen molar-refractivity contribution in [3.8, 4) is 11.1 Å². The molecule has 4 N–H and O–H groups in total. The Labute approximate surface area is 102 Å². The molecule has 0 aliphatic rings. The van der Waals surface area contributed by atoms with Crippen LogP contribution in [0, 0.1) is 6.92 Å². The van der Waals surface area contributed by atoms with Gasteiger partial charge in [0.2, 0.25) is 0 Å². The molecule has 2 heterocycles. The summed E-state index contributed by atoms with van der Waals surface area (Å²) in [6.45, 7) is 2.30. The summed E-state index contributed by atoms with van der Waals surface area (Å²) < 4.78 is 4.97. The first-order valence-corrected chi connectivity index (χ1v) is 5.56. The third kappa shape index (κ3) is 1.54. The fraction of sp³-hybridized carbons (Fsp3) is 0.167. The lowest BCUT2D eigenvalue weighted by molar-refractivity contribution is 0.555. The highest BCUT2D eigenvalue weighted by atomic mass is 16.4. The van der Waals surface area contributed by atoms with Gasteiger partial charge in [-0.3, -0.25) is 10.1 Å². The van der Waals surface area contributed by atoms with E-state index < -0.39 is 5.76 Å². The summed E-state index contributed by atoms with van der Waals surface area (Å²) in [5.41, 5.74) is 10.5. The van der Waals surface area contributed by atoms with Crippen molar-refractivity contribution in [2.24, 2.45) is 5.73 Å². The van der Waals surface area contributed by atoms with Crippen molar-refractivity contribution in [3.63, 3.8) is 0 Å². The molecule has 0 fully saturated rings. The number of aromatic amines is 2. The van der Waals surface area contributed by atoms with Crippen molar-refractivity contribution < 1.29 is 4.42 Å². The molecular formula is C12H12N4O2. The molecule has 0 aliphatic carbocycles. The summed E-state index contributed by atoms with van der Waals surface area (Å²) in [5, 5.41) is 7.07. The Morgan fingerprint density at radius 2 is 2.28 bits per heavy atom. The number of hydrogen-bond donors (Lipinski definition) is 3. The van der Waals surface area contributed by atoms with Crippen LogP contribution in [0.15, 0.2) is 27.4 Å². The zero-order valence-electron chi connectivity index (χ0n) is 9.78. The highest BCUT2D eigenvalue weighted by Gasteiger charge is 2.12. The van der Waals surface area contributed by atoms with Gasteiger partial charge in [0.15, 0.2) is 5.58 Å². The molecular weight excluding hydrogens is 232 g/mol. The van der Waals surface area contributed by atoms with Gasteiger partial charge in [0, 0.05) is 17.8 Å². The van der Waals surface area contributed by atoms with E-state index in [2.05, 4.69) is 15.2 Å². The average molecular weight is 244 g/mol. The minimum absolute atomic E-state index is 0.361. The minimum atomic E-state index is -0.454. The van der Waals surface area contributed by atoms with Crippen molar-refractivity contribution in [3.05, 3.63) is 40.1 Å². The summed E-state index contributed by atoms with van der Waals surface area (Å²) in [6.07, 6.45) is 0. The molecule has 0 aliphatic heterocycles. The molecule has 6 nitrogen and oxygen atoms in total. The van der Waals surface area contributed by atoms with Crippen LogP contribution in [0.1, 0.15) is 11.4 Å². The lowest BCUT2D eigenvalue weighted by Gasteiger charge is -2.02. The average Bonchev–Trinajstić information content (AvgIpc) is 2.89. The predicted octanol–water partition coefficient (Wildman–Crippen LogP) is 1.28. The molecule has 3 aromatic rings. The fourth-order valence-electron chi connectivity index (χ4n) is 2.12. The van der Waals surface area contributed by atoms with E-state index in [1.54, 1.807) is 6.07 Å². The molecule has 0 bridgehead atoms. The second-order valence-electron chi connectivity index (χ2n) is 4.10. The molecule has 2 aromatic heterocycles. The van der Waals surface area contributed by atoms with Gasteiger partial charge in [0.1, 0.15) is 0 Å². The van der Waals surface area contributed by atoms with Gasteiger partial charge in [-0.2, -0.15) is 5.10 Å². The summed E-state index contributed by atoms with van der Waals surface area (Å²) in [5.74, 6) is -0.454. The van der Waals surface area contributed by atoms with Crippen LogP contribution in [0.4, 0.5) is 0 Å². The minimum Gasteiger partial charge on any atom is -0.408 e. The van der Waals surface area contributed by atoms with Crippen molar-refractivity contribution in [1.29, 1.82) is 0 Å². The Morgan fingerprint density at radius 3 is 3.06 bits per heavy atom. The maximum atomic E-state index is 11.1. The molecule has 0 radical (unpaired) electrons. The van der Waals surface area contributed by atoms with E-state index in [0.717, 1.165) is 22.5 Å². The lowest BCUT2D eigenvalue weighted by atomic mass is 10.0. The van der Waals surface area contributed by atoms with Crippen molar-refractivity contribution in [2.45, 2.75) is 13.5 Å². The number of fused-ring (bicyclic) bond motifs is 1. The van der Waals surface area contributed by atoms with Crippen molar-refractivity contribution in [1.82, 2.24) is 15.2 Å². The van der Waals surface area contributed by atoms with Crippen molar-refractivity contribution >= 4 is 11.1 Å². The zero-order chi connectivity index (χ0) is 12.7. The third-order valence-electron chi connectivity index (χ3n) is 2.92. The van der Waals surface area contributed by atoms with Crippen LogP contribution in [-0.2, 0) is 6.54 Å². The molecule has 0 unspecified atom stereocenters. The molecule has 0 saturated heterocycles. The van der Waals surface area contributed by atoms with Gasteiger partial charge in [-0.25, -0.2) is 4.79 Å². The third-order valence-corrected chi connectivity index (χ3v) is 2.92. The van der Waals surface area contributed by atoms with E-state index in [-0.39, 0.29) is 0 Å². The Morgan fingerprint density at radius 1 is 1.44 bits per heavy atom. The van der Waals surface area contributed by atoms with Gasteiger partial charge in [-0.15, -0.1) is 0 Å². The monoisotopic (exact) mass is 244 g/mol. The maximum absolute atomic E-state index is 11.1. The van der Waals surface area contributed by atoms with E-state index in [9.17, 15) is 4.79 Å². The number of nitrogens with one attached hydrogen (secondary N) is 2. The van der Waals surface area contributed by atoms with Crippen LogP contribution in [0.3, 0.4) is 0 Å². The molecule has 0 saturated carbocycles. The van der Waals surface area contributed by atoms with Gasteiger partial charge in [0.05, 0.1) is 11.2 Å². The summed E-state index contributed by atoms with van der Waals surface area (Å²) >= 11 is 0. The predicted molar refractivity (Wildman–Crippen MR) is 67.0 cm³/mol. The largest absolute Gasteiger partial charge is 0.417 e. The molecule has 0 spiro atoms. The highest BCUT2D eigenvalue weighted by molar-refractivity contribution is 5.81. The van der Waals surface area contributed by atoms with E-state index in [0.29, 0.717) is 17.6 Å². The van der Waals surface area contributed by atoms with E-state index in [1.165, 1.54) is 0 Å². The maximum Gasteiger partial charge on any atom is 0.417 e. The number of nitrogens with zero attached hydrogens (tertiary/aromatic N) is 1. The van der Waals surface area contributed by atoms with Crippen LogP contribution in [0.5, 0.6) is 0 Å². The van der Waals surface area contributed by atoms with Crippen LogP contribution in [0.2, 0.25) is 0 Å². The van der Waals surface area contributed by atoms with Gasteiger partial charge >= 0.3 is 5.76 Å². The van der Waals surface area contributed by atoms with Gasteiger partial charge in [0.25, 0.3) is 0 Å². The summed E-state index contributed by atoms with van der Waals surface area (Å²) in [4.78, 5) is 13.7. The zero-order valence-corrected chi connectivity index (χ0v) is 9.78. The normalized spacial score (nSPS) is 11.2. The van der Waals surface area contributed by atoms with Gasteiger partial charge in [-0.05, 0) is 24.6 Å². The van der Waals surface area contributed by atoms with E-state index >= 15 is 0 Å². The van der Waals surface area contributed by atoms with Crippen LogP contribution >= 0.6 is 0 Å². The van der Waals surface area contributed by atoms with Crippen LogP contribution in [0.25, 0.3) is 22.2 Å². The number of aryl methyl sites for hydroxylation is 1. The molecule has 1 aromatic carbocycles. The van der Waals surface area contributed by atoms with Gasteiger partial charge < -0.3 is 10.2 Å². The Balaban J connectivity index is 2.24. The number of rotatable bonds is 2. The Kier molecular flexibility index (Phi) is 2.31. The smallest absolute Gasteiger partial charge is 0.408 e. The second-order valence-corrected chi connectivity index (χ2v) is 4.10. The van der Waals surface area contributed by atoms with Crippen molar-refractivity contribution in [2.75, 3.05) is 0 Å². The molecule has 0 atom stereocenters. The SMILES string of the molecule is Cc1[nH]nc(CN)c1-c1ccc2oc(=O)[nH]c2c1. The van der Waals surface area contributed by atoms with E-state index in [4.69, 9.17) is 10.2 Å². The number of nitrogens with two attached hydrogens (primary N) is 1. The molecule has 6 heteroatoms. The van der Waals surface area contributed by atoms with Gasteiger partial charge in [-0.1, -0.05) is 6.07 Å². The van der Waals surface area contributed by atoms with E-state index in [1.807, 2.05) is 19.1 Å². The number of oxazole rings is 1. The number of hydrogen-bond acceptors (Lipinski definition) is 4. The first kappa shape index (κ1) is 10.8. The first-order chi connectivity index (χ1) is 8.69. The summed E-state index contributed by atoms with van der Waals surface area (Å²) in [7, 11) is 0. The topological polar surface area (TPSA) is 101 Å². The number of aromatic nitrogens is 3. The molecule has 92 valence electrons. The lowest BCUT2D eigenvalue weighted by Crippen LogP contribution is -1.98. The quantitative estimate of drug-likeness (QED) is 0.632. The molecule has 0 amide bonds. The Bertz CT molecular complexity index is 766. The number of H-pyrrole nitrogens is 2. The standard InChI is InChI=1S/C12H12N4O2/c1-6-11(9(5-13)16-15-6)7-2-3-10-8(4-7)14-12(17)18-10/h2-4H,5,13H2,1H3,(H,14,17)(H,15,16). The first-order valence-electron chi connectivity index (χ1n) is 5.56. The molecule has 18 heavy (non-hydrogen) atoms. The number of benzene rings is 1. The second kappa shape index (κ2) is 3.85. The highest BCUT2D eigenvalue weighted by Crippen LogP contribution is 2.27. The molecule has 3 rings (SSSR count). The summed E-state index contributed by atoms with van der Waals surface area (Å²) in [6, 6.07) is 5.50.